The highest BCUT2D eigenvalue weighted by Crippen LogP contribution is 2.30. The molecule has 4 nitrogen and oxygen atoms in total. The minimum absolute atomic E-state index is 0.0158. The van der Waals surface area contributed by atoms with E-state index in [-0.39, 0.29) is 23.3 Å². The molecule has 4 atom stereocenters. The number of aliphatic hydroxyl groups excluding tert-OH is 2. The first-order chi connectivity index (χ1) is 12.3. The van der Waals surface area contributed by atoms with Gasteiger partial charge in [0.15, 0.2) is 0 Å². The summed E-state index contributed by atoms with van der Waals surface area (Å²) in [5.41, 5.74) is 2.00. The maximum absolute atomic E-state index is 10.4. The first-order valence-corrected chi connectivity index (χ1v) is 9.27. The normalized spacial score (nSPS) is 16.0. The number of aliphatic hydroxyl groups is 2. The molecular formula is C22H30O4. The number of hydrogen-bond acceptors (Lipinski definition) is 4. The molecule has 0 aliphatic carbocycles. The van der Waals surface area contributed by atoms with Crippen LogP contribution in [0.3, 0.4) is 0 Å². The number of aromatic hydroxyl groups is 2. The van der Waals surface area contributed by atoms with Gasteiger partial charge in [-0.15, -0.1) is 0 Å². The number of phenols is 2. The molecule has 0 aliphatic heterocycles. The Morgan fingerprint density at radius 1 is 0.769 bits per heavy atom. The first kappa shape index (κ1) is 20.3. The van der Waals surface area contributed by atoms with Gasteiger partial charge in [-0.3, -0.25) is 0 Å². The van der Waals surface area contributed by atoms with Crippen molar-refractivity contribution in [3.8, 4) is 11.5 Å². The van der Waals surface area contributed by atoms with E-state index in [9.17, 15) is 20.4 Å². The van der Waals surface area contributed by atoms with E-state index in [1.54, 1.807) is 38.1 Å². The lowest BCUT2D eigenvalue weighted by Crippen LogP contribution is -2.30. The van der Waals surface area contributed by atoms with Gasteiger partial charge in [0.05, 0.1) is 12.2 Å². The highest BCUT2D eigenvalue weighted by molar-refractivity contribution is 5.29. The fraction of sp³-hybridized carbons (Fsp3) is 0.455. The molecule has 26 heavy (non-hydrogen) atoms. The molecule has 0 unspecified atom stereocenters. The van der Waals surface area contributed by atoms with Crippen LogP contribution >= 0.6 is 0 Å². The molecule has 4 N–H and O–H groups in total. The minimum Gasteiger partial charge on any atom is -0.508 e. The summed E-state index contributed by atoms with van der Waals surface area (Å²) < 4.78 is 0. The van der Waals surface area contributed by atoms with Crippen LogP contribution in [0.25, 0.3) is 0 Å². The van der Waals surface area contributed by atoms with Gasteiger partial charge in [-0.1, -0.05) is 24.3 Å². The number of hydrogen-bond donors (Lipinski definition) is 4. The van der Waals surface area contributed by atoms with Gasteiger partial charge >= 0.3 is 0 Å². The van der Waals surface area contributed by atoms with Crippen molar-refractivity contribution >= 4 is 0 Å². The Kier molecular flexibility index (Phi) is 7.49. The summed E-state index contributed by atoms with van der Waals surface area (Å²) in [5.74, 6) is 0.588. The second-order valence-corrected chi connectivity index (χ2v) is 7.34. The quantitative estimate of drug-likeness (QED) is 0.551. The summed E-state index contributed by atoms with van der Waals surface area (Å²) in [4.78, 5) is 0. The standard InChI is InChI=1S/C22H30O4/c1-15(23)9-10-19(11-17-5-3-7-20(25)12-17)22(16(2)24)14-18-6-4-8-21(26)13-18/h3-8,12-13,15-16,19,22-26H,9-11,14H2,1-2H3/t15-,16-,19-,22+/m1/s1. The predicted molar refractivity (Wildman–Crippen MR) is 103 cm³/mol. The lowest BCUT2D eigenvalue weighted by molar-refractivity contribution is 0.0751. The van der Waals surface area contributed by atoms with Crippen LogP contribution in [0.15, 0.2) is 48.5 Å². The zero-order valence-corrected chi connectivity index (χ0v) is 15.5. The van der Waals surface area contributed by atoms with E-state index < -0.39 is 12.2 Å². The van der Waals surface area contributed by atoms with E-state index in [1.165, 1.54) is 0 Å². The molecule has 0 fully saturated rings. The summed E-state index contributed by atoms with van der Waals surface area (Å²) in [5, 5.41) is 39.6. The van der Waals surface area contributed by atoms with E-state index in [2.05, 4.69) is 0 Å². The van der Waals surface area contributed by atoms with Crippen LogP contribution in [-0.2, 0) is 12.8 Å². The lowest BCUT2D eigenvalue weighted by atomic mass is 9.77. The molecule has 0 radical (unpaired) electrons. The SMILES string of the molecule is C[C@@H](O)CC[C@H](Cc1cccc(O)c1)[C@@H](Cc1cccc(O)c1)[C@@H](C)O. The molecule has 0 spiro atoms. The van der Waals surface area contributed by atoms with Crippen molar-refractivity contribution in [2.24, 2.45) is 11.8 Å². The third-order valence-corrected chi connectivity index (χ3v) is 4.97. The average Bonchev–Trinajstić information content (AvgIpc) is 2.56. The zero-order valence-electron chi connectivity index (χ0n) is 15.5. The fourth-order valence-electron chi connectivity index (χ4n) is 3.60. The van der Waals surface area contributed by atoms with Crippen molar-refractivity contribution in [2.45, 2.75) is 51.7 Å². The van der Waals surface area contributed by atoms with Gasteiger partial charge in [0.2, 0.25) is 0 Å². The molecule has 0 heterocycles. The van der Waals surface area contributed by atoms with Gasteiger partial charge in [0.1, 0.15) is 11.5 Å². The lowest BCUT2D eigenvalue weighted by Gasteiger charge is -2.30. The predicted octanol–water partition coefficient (Wildman–Crippen LogP) is 3.66. The molecular weight excluding hydrogens is 328 g/mol. The highest BCUT2D eigenvalue weighted by Gasteiger charge is 2.27. The molecule has 0 saturated carbocycles. The fourth-order valence-corrected chi connectivity index (χ4v) is 3.60. The Balaban J connectivity index is 2.22. The second kappa shape index (κ2) is 9.60. The third-order valence-electron chi connectivity index (χ3n) is 4.97. The summed E-state index contributed by atoms with van der Waals surface area (Å²) in [6, 6.07) is 14.3. The monoisotopic (exact) mass is 358 g/mol. The van der Waals surface area contributed by atoms with Gasteiger partial charge in [-0.25, -0.2) is 0 Å². The van der Waals surface area contributed by atoms with Crippen LogP contribution in [0, 0.1) is 11.8 Å². The molecule has 0 amide bonds. The summed E-state index contributed by atoms with van der Waals surface area (Å²) >= 11 is 0. The van der Waals surface area contributed by atoms with Gasteiger partial charge in [0.25, 0.3) is 0 Å². The molecule has 0 aliphatic rings. The Morgan fingerprint density at radius 2 is 1.31 bits per heavy atom. The third kappa shape index (κ3) is 6.36. The average molecular weight is 358 g/mol. The van der Waals surface area contributed by atoms with Crippen LogP contribution in [0.2, 0.25) is 0 Å². The van der Waals surface area contributed by atoms with Gasteiger partial charge in [-0.05, 0) is 86.8 Å². The largest absolute Gasteiger partial charge is 0.508 e. The maximum atomic E-state index is 10.4. The molecule has 2 aromatic rings. The van der Waals surface area contributed by atoms with Crippen LogP contribution in [0.1, 0.15) is 37.8 Å². The van der Waals surface area contributed by atoms with Crippen molar-refractivity contribution < 1.29 is 20.4 Å². The number of phenolic OH excluding ortho intramolecular Hbond substituents is 2. The topological polar surface area (TPSA) is 80.9 Å². The van der Waals surface area contributed by atoms with Crippen molar-refractivity contribution in [3.05, 3.63) is 59.7 Å². The maximum Gasteiger partial charge on any atom is 0.115 e. The Labute approximate surface area is 155 Å². The van der Waals surface area contributed by atoms with Crippen molar-refractivity contribution in [1.82, 2.24) is 0 Å². The van der Waals surface area contributed by atoms with Crippen molar-refractivity contribution in [3.63, 3.8) is 0 Å². The smallest absolute Gasteiger partial charge is 0.115 e. The Hall–Kier alpha value is -2.04. The second-order valence-electron chi connectivity index (χ2n) is 7.34. The van der Waals surface area contributed by atoms with E-state index in [0.717, 1.165) is 24.0 Å². The first-order valence-electron chi connectivity index (χ1n) is 9.27. The molecule has 0 bridgehead atoms. The van der Waals surface area contributed by atoms with Crippen LogP contribution in [0.4, 0.5) is 0 Å². The Bertz CT molecular complexity index is 681. The van der Waals surface area contributed by atoms with E-state index in [4.69, 9.17) is 0 Å². The van der Waals surface area contributed by atoms with Gasteiger partial charge in [0, 0.05) is 0 Å². The molecule has 2 aromatic carbocycles. The van der Waals surface area contributed by atoms with Crippen molar-refractivity contribution in [2.75, 3.05) is 0 Å². The minimum atomic E-state index is -0.520. The number of rotatable bonds is 9. The molecule has 4 heteroatoms. The number of benzene rings is 2. The van der Waals surface area contributed by atoms with Crippen LogP contribution < -0.4 is 0 Å². The zero-order chi connectivity index (χ0) is 19.1. The van der Waals surface area contributed by atoms with E-state index >= 15 is 0 Å². The highest BCUT2D eigenvalue weighted by atomic mass is 16.3. The summed E-state index contributed by atoms with van der Waals surface area (Å²) in [7, 11) is 0. The summed E-state index contributed by atoms with van der Waals surface area (Å²) in [6.07, 6.45) is 1.89. The molecule has 0 aromatic heterocycles. The Morgan fingerprint density at radius 3 is 1.77 bits per heavy atom. The molecule has 0 saturated heterocycles. The van der Waals surface area contributed by atoms with E-state index in [0.29, 0.717) is 12.8 Å². The van der Waals surface area contributed by atoms with Crippen molar-refractivity contribution in [1.29, 1.82) is 0 Å². The summed E-state index contributed by atoms with van der Waals surface area (Å²) in [6.45, 7) is 3.57. The molecule has 2 rings (SSSR count). The van der Waals surface area contributed by atoms with Gasteiger partial charge in [-0.2, -0.15) is 0 Å². The van der Waals surface area contributed by atoms with Crippen LogP contribution in [-0.4, -0.2) is 32.6 Å². The van der Waals surface area contributed by atoms with Gasteiger partial charge < -0.3 is 20.4 Å². The van der Waals surface area contributed by atoms with Crippen LogP contribution in [0.5, 0.6) is 11.5 Å². The van der Waals surface area contributed by atoms with E-state index in [1.807, 2.05) is 24.3 Å². The molecule has 142 valence electrons.